The summed E-state index contributed by atoms with van der Waals surface area (Å²) < 4.78 is 0. The van der Waals surface area contributed by atoms with Gasteiger partial charge in [-0.15, -0.1) is 0 Å². The van der Waals surface area contributed by atoms with Crippen molar-refractivity contribution in [3.05, 3.63) is 0 Å². The lowest BCUT2D eigenvalue weighted by molar-refractivity contribution is -0.143. The Morgan fingerprint density at radius 1 is 0.889 bits per heavy atom. The maximum absolute atomic E-state index is 13.1. The zero-order valence-corrected chi connectivity index (χ0v) is 23.3. The highest BCUT2D eigenvalue weighted by molar-refractivity contribution is 7.98. The molecule has 5 unspecified atom stereocenters. The van der Waals surface area contributed by atoms with Gasteiger partial charge in [0.2, 0.25) is 17.7 Å². The molecule has 0 saturated heterocycles. The van der Waals surface area contributed by atoms with Crippen molar-refractivity contribution in [2.45, 2.75) is 70.1 Å². The monoisotopic (exact) mass is 549 g/mol. The van der Waals surface area contributed by atoms with Crippen molar-refractivity contribution in [3.8, 4) is 0 Å². The summed E-state index contributed by atoms with van der Waals surface area (Å²) in [6.45, 7) is 3.87. The van der Waals surface area contributed by atoms with Crippen LogP contribution in [0.5, 0.6) is 0 Å². The van der Waals surface area contributed by atoms with Crippen LogP contribution in [0.4, 0.5) is 0 Å². The number of carboxylic acids is 1. The van der Waals surface area contributed by atoms with E-state index in [1.807, 2.05) is 19.4 Å². The minimum Gasteiger partial charge on any atom is -0.480 e. The Kier molecular flexibility index (Phi) is 17.8. The Morgan fingerprint density at radius 2 is 1.47 bits per heavy atom. The molecule has 10 N–H and O–H groups in total. The van der Waals surface area contributed by atoms with Crippen molar-refractivity contribution >= 4 is 53.2 Å². The molecule has 208 valence electrons. The summed E-state index contributed by atoms with van der Waals surface area (Å²) in [4.78, 5) is 54.2. The van der Waals surface area contributed by atoms with E-state index in [9.17, 15) is 24.3 Å². The van der Waals surface area contributed by atoms with Crippen molar-refractivity contribution in [2.24, 2.45) is 28.1 Å². The summed E-state index contributed by atoms with van der Waals surface area (Å²) in [6, 6.07) is -3.78. The predicted octanol–water partition coefficient (Wildman–Crippen LogP) is -0.541. The predicted molar refractivity (Wildman–Crippen MR) is 147 cm³/mol. The number of guanidine groups is 1. The van der Waals surface area contributed by atoms with Gasteiger partial charge in [0.1, 0.15) is 18.1 Å². The van der Waals surface area contributed by atoms with Crippen molar-refractivity contribution in [1.82, 2.24) is 16.0 Å². The summed E-state index contributed by atoms with van der Waals surface area (Å²) in [5.41, 5.74) is 16.5. The number of carboxylic acid groups (broad SMARTS) is 1. The van der Waals surface area contributed by atoms with Gasteiger partial charge in [-0.05, 0) is 55.6 Å². The number of hydrogen-bond donors (Lipinski definition) is 7. The third-order valence-corrected chi connectivity index (χ3v) is 6.85. The molecule has 0 heterocycles. The lowest BCUT2D eigenvalue weighted by atomic mass is 9.97. The van der Waals surface area contributed by atoms with Crippen LogP contribution in [-0.2, 0) is 19.2 Å². The van der Waals surface area contributed by atoms with E-state index in [2.05, 4.69) is 20.9 Å². The number of rotatable bonds is 19. The first-order valence-corrected chi connectivity index (χ1v) is 14.7. The molecule has 0 saturated carbocycles. The van der Waals surface area contributed by atoms with Crippen molar-refractivity contribution in [2.75, 3.05) is 30.6 Å². The Labute approximate surface area is 222 Å². The number of aliphatic carboxylic acids is 1. The number of nitrogens with one attached hydrogen (secondary N) is 3. The van der Waals surface area contributed by atoms with Crippen LogP contribution in [-0.4, -0.2) is 89.5 Å². The summed E-state index contributed by atoms with van der Waals surface area (Å²) in [6.07, 6.45) is 5.64. The highest BCUT2D eigenvalue weighted by Gasteiger charge is 2.32. The molecule has 0 fully saturated rings. The van der Waals surface area contributed by atoms with Crippen molar-refractivity contribution in [3.63, 3.8) is 0 Å². The topological polar surface area (TPSA) is 215 Å². The van der Waals surface area contributed by atoms with E-state index in [4.69, 9.17) is 17.2 Å². The van der Waals surface area contributed by atoms with Crippen LogP contribution in [0.15, 0.2) is 4.99 Å². The minimum absolute atomic E-state index is 0.0983. The second-order valence-electron chi connectivity index (χ2n) is 8.45. The molecule has 36 heavy (non-hydrogen) atoms. The van der Waals surface area contributed by atoms with E-state index in [0.29, 0.717) is 37.2 Å². The van der Waals surface area contributed by atoms with E-state index < -0.39 is 47.9 Å². The Bertz CT molecular complexity index is 738. The van der Waals surface area contributed by atoms with E-state index >= 15 is 0 Å². The SMILES string of the molecule is CCC(C)C(NC(=O)C(CCSC)NC(=O)C(N)CCSC)C(=O)NC(CCCN=C(N)N)C(=O)O. The molecular weight excluding hydrogens is 506 g/mol. The summed E-state index contributed by atoms with van der Waals surface area (Å²) in [5.74, 6) is -1.83. The van der Waals surface area contributed by atoms with E-state index in [1.54, 1.807) is 18.7 Å². The van der Waals surface area contributed by atoms with Gasteiger partial charge in [0.25, 0.3) is 0 Å². The van der Waals surface area contributed by atoms with Crippen LogP contribution < -0.4 is 33.2 Å². The van der Waals surface area contributed by atoms with E-state index in [-0.39, 0.29) is 24.8 Å². The van der Waals surface area contributed by atoms with Crippen LogP contribution in [0.3, 0.4) is 0 Å². The highest BCUT2D eigenvalue weighted by Crippen LogP contribution is 2.11. The van der Waals surface area contributed by atoms with Crippen molar-refractivity contribution in [1.29, 1.82) is 0 Å². The molecule has 5 atom stereocenters. The van der Waals surface area contributed by atoms with Crippen LogP contribution >= 0.6 is 23.5 Å². The lowest BCUT2D eigenvalue weighted by Crippen LogP contribution is -2.58. The molecule has 0 aliphatic carbocycles. The summed E-state index contributed by atoms with van der Waals surface area (Å²) >= 11 is 3.09. The summed E-state index contributed by atoms with van der Waals surface area (Å²) in [7, 11) is 0. The first kappa shape index (κ1) is 33.8. The second-order valence-corrected chi connectivity index (χ2v) is 10.4. The maximum atomic E-state index is 13.1. The number of thioether (sulfide) groups is 2. The van der Waals surface area contributed by atoms with Crippen LogP contribution in [0, 0.1) is 5.92 Å². The first-order valence-electron chi connectivity index (χ1n) is 11.9. The van der Waals surface area contributed by atoms with Gasteiger partial charge in [0.05, 0.1) is 6.04 Å². The quantitative estimate of drug-likeness (QED) is 0.0620. The molecular formula is C22H43N7O5S2. The molecule has 0 aromatic heterocycles. The number of nitrogens with zero attached hydrogens (tertiary/aromatic N) is 1. The molecule has 14 heteroatoms. The van der Waals surface area contributed by atoms with Crippen molar-refractivity contribution < 1.29 is 24.3 Å². The highest BCUT2D eigenvalue weighted by atomic mass is 32.2. The molecule has 3 amide bonds. The molecule has 12 nitrogen and oxygen atoms in total. The first-order chi connectivity index (χ1) is 17.0. The zero-order valence-electron chi connectivity index (χ0n) is 21.6. The fraction of sp³-hybridized carbons (Fsp3) is 0.773. The van der Waals surface area contributed by atoms with E-state index in [1.165, 1.54) is 11.8 Å². The fourth-order valence-electron chi connectivity index (χ4n) is 3.14. The number of carbonyl (C=O) groups excluding carboxylic acids is 3. The number of hydrogen-bond acceptors (Lipinski definition) is 8. The molecule has 0 aliphatic heterocycles. The Balaban J connectivity index is 5.43. The summed E-state index contributed by atoms with van der Waals surface area (Å²) in [5, 5.41) is 17.5. The smallest absolute Gasteiger partial charge is 0.326 e. The van der Waals surface area contributed by atoms with Crippen LogP contribution in [0.1, 0.15) is 46.0 Å². The molecule has 0 aliphatic rings. The number of amides is 3. The van der Waals surface area contributed by atoms with Gasteiger partial charge in [-0.1, -0.05) is 20.3 Å². The van der Waals surface area contributed by atoms with Gasteiger partial charge in [0.15, 0.2) is 5.96 Å². The average Bonchev–Trinajstić information content (AvgIpc) is 2.83. The molecule has 0 spiro atoms. The van der Waals surface area contributed by atoms with Gasteiger partial charge in [-0.3, -0.25) is 19.4 Å². The molecule has 0 radical (unpaired) electrons. The fourth-order valence-corrected chi connectivity index (χ4v) is 4.10. The molecule has 0 bridgehead atoms. The van der Waals surface area contributed by atoms with Crippen LogP contribution in [0.25, 0.3) is 0 Å². The average molecular weight is 550 g/mol. The van der Waals surface area contributed by atoms with Crippen LogP contribution in [0.2, 0.25) is 0 Å². The molecule has 0 rings (SSSR count). The molecule has 0 aromatic rings. The van der Waals surface area contributed by atoms with Gasteiger partial charge in [0, 0.05) is 6.54 Å². The Hall–Kier alpha value is -2.19. The van der Waals surface area contributed by atoms with Gasteiger partial charge < -0.3 is 38.3 Å². The second kappa shape index (κ2) is 19.0. The third kappa shape index (κ3) is 13.8. The number of aliphatic imine (C=N–C) groups is 1. The Morgan fingerprint density at radius 3 is 2.00 bits per heavy atom. The van der Waals surface area contributed by atoms with Gasteiger partial charge in [-0.25, -0.2) is 4.79 Å². The number of nitrogens with two attached hydrogens (primary N) is 3. The minimum atomic E-state index is -1.20. The lowest BCUT2D eigenvalue weighted by Gasteiger charge is -2.28. The normalized spacial score (nSPS) is 15.0. The van der Waals surface area contributed by atoms with Gasteiger partial charge in [-0.2, -0.15) is 23.5 Å². The largest absolute Gasteiger partial charge is 0.480 e. The maximum Gasteiger partial charge on any atom is 0.326 e. The standard InChI is InChI=1S/C22H43N7O5S2/c1-5-13(2)17(20(32)28-16(21(33)34)7-6-10-26-22(24)25)29-19(31)15(9-12-36-4)27-18(30)14(23)8-11-35-3/h13-17H,5-12,23H2,1-4H3,(H,27,30)(H,28,32)(H,29,31)(H,33,34)(H4,24,25,26). The molecule has 0 aromatic carbocycles. The zero-order chi connectivity index (χ0) is 27.7. The van der Waals surface area contributed by atoms with Gasteiger partial charge >= 0.3 is 5.97 Å². The van der Waals surface area contributed by atoms with E-state index in [0.717, 1.165) is 0 Å². The third-order valence-electron chi connectivity index (χ3n) is 5.57. The number of carbonyl (C=O) groups is 4.